The molecule has 6 N–H and O–H groups in total. The van der Waals surface area contributed by atoms with Gasteiger partial charge in [0.15, 0.2) is 17.5 Å². The van der Waals surface area contributed by atoms with Crippen LogP contribution < -0.4 is 16.4 Å². The zero-order chi connectivity index (χ0) is 21.2. The second-order valence-electron chi connectivity index (χ2n) is 7.73. The summed E-state index contributed by atoms with van der Waals surface area (Å²) in [5.41, 5.74) is 7.94. The molecule has 0 bridgehead atoms. The second kappa shape index (κ2) is 8.26. The lowest BCUT2D eigenvalue weighted by Gasteiger charge is -2.19. The van der Waals surface area contributed by atoms with Gasteiger partial charge in [-0.15, -0.1) is 0 Å². The molecule has 0 saturated heterocycles. The molecule has 29 heavy (non-hydrogen) atoms. The van der Waals surface area contributed by atoms with Gasteiger partial charge in [-0.2, -0.15) is 5.10 Å². The van der Waals surface area contributed by atoms with Gasteiger partial charge in [0.25, 0.3) is 0 Å². The van der Waals surface area contributed by atoms with Crippen molar-refractivity contribution in [2.75, 3.05) is 23.0 Å². The van der Waals surface area contributed by atoms with E-state index < -0.39 is 6.04 Å². The Morgan fingerprint density at radius 2 is 1.90 bits per heavy atom. The van der Waals surface area contributed by atoms with Crippen molar-refractivity contribution in [1.82, 2.24) is 15.2 Å². The summed E-state index contributed by atoms with van der Waals surface area (Å²) in [6.07, 6.45) is 0. The predicted octanol–water partition coefficient (Wildman–Crippen LogP) is 4.37. The van der Waals surface area contributed by atoms with Crippen LogP contribution in [0.5, 0.6) is 0 Å². The van der Waals surface area contributed by atoms with Gasteiger partial charge in [0.1, 0.15) is 5.82 Å². The summed E-state index contributed by atoms with van der Waals surface area (Å²) >= 11 is 6.29. The molecule has 0 fully saturated rings. The van der Waals surface area contributed by atoms with E-state index in [-0.39, 0.29) is 17.8 Å². The molecule has 2 heterocycles. The number of aliphatic hydroxyl groups is 1. The lowest BCUT2D eigenvalue weighted by Crippen LogP contribution is -2.17. The Labute approximate surface area is 173 Å². The van der Waals surface area contributed by atoms with Crippen LogP contribution in [0.15, 0.2) is 36.4 Å². The maximum Gasteiger partial charge on any atom is 0.153 e. The fourth-order valence-electron chi connectivity index (χ4n) is 2.69. The standard InChI is InChI=1S/C20H24ClFN6O/c1-20(2,3)16-9-17(28-27-16)25-18-13(21)8-14(23)19(26-18)24-15(10-29)11-4-6-12(22)7-5-11/h4-9,15,29H,10,23H2,1-3H3,(H3,24,25,26,27,28)/t15-/m0/s1. The maximum absolute atomic E-state index is 13.2. The Bertz CT molecular complexity index is 984. The minimum Gasteiger partial charge on any atom is -0.396 e. The number of nitrogens with two attached hydrogens (primary N) is 1. The SMILES string of the molecule is CC(C)(C)c1cc(Nc2nc(N[C@@H](CO)c3ccc(F)cc3)c(N)cc2Cl)n[nH]1. The molecule has 0 amide bonds. The number of hydrogen-bond acceptors (Lipinski definition) is 6. The maximum atomic E-state index is 13.2. The molecule has 2 aromatic heterocycles. The van der Waals surface area contributed by atoms with Gasteiger partial charge >= 0.3 is 0 Å². The number of pyridine rings is 1. The van der Waals surface area contributed by atoms with Gasteiger partial charge in [-0.05, 0) is 23.8 Å². The van der Waals surface area contributed by atoms with Crippen LogP contribution in [0.4, 0.5) is 27.5 Å². The highest BCUT2D eigenvalue weighted by molar-refractivity contribution is 6.33. The van der Waals surface area contributed by atoms with E-state index in [1.165, 1.54) is 12.1 Å². The number of halogens is 2. The highest BCUT2D eigenvalue weighted by Gasteiger charge is 2.19. The third-order valence-corrected chi connectivity index (χ3v) is 4.69. The minimum atomic E-state index is -0.516. The van der Waals surface area contributed by atoms with Gasteiger partial charge in [-0.1, -0.05) is 44.5 Å². The first-order chi connectivity index (χ1) is 13.7. The number of nitrogens with zero attached hydrogens (tertiary/aromatic N) is 2. The van der Waals surface area contributed by atoms with E-state index in [0.29, 0.717) is 33.7 Å². The highest BCUT2D eigenvalue weighted by Crippen LogP contribution is 2.32. The topological polar surface area (TPSA) is 112 Å². The summed E-state index contributed by atoms with van der Waals surface area (Å²) in [5, 5.41) is 23.5. The Balaban J connectivity index is 1.85. The zero-order valence-electron chi connectivity index (χ0n) is 16.4. The molecule has 0 radical (unpaired) electrons. The third-order valence-electron chi connectivity index (χ3n) is 4.40. The molecule has 0 spiro atoms. The quantitative estimate of drug-likeness (QED) is 0.406. The number of benzene rings is 1. The summed E-state index contributed by atoms with van der Waals surface area (Å²) in [7, 11) is 0. The Morgan fingerprint density at radius 3 is 2.48 bits per heavy atom. The van der Waals surface area contributed by atoms with Crippen LogP contribution in [0.2, 0.25) is 5.02 Å². The van der Waals surface area contributed by atoms with Crippen LogP contribution in [0.3, 0.4) is 0 Å². The van der Waals surface area contributed by atoms with Crippen molar-refractivity contribution in [2.24, 2.45) is 0 Å². The third kappa shape index (κ3) is 4.96. The van der Waals surface area contributed by atoms with Crippen molar-refractivity contribution in [2.45, 2.75) is 32.2 Å². The van der Waals surface area contributed by atoms with Crippen molar-refractivity contribution in [1.29, 1.82) is 0 Å². The molecular formula is C20H24ClFN6O. The van der Waals surface area contributed by atoms with Crippen LogP contribution in [0.1, 0.15) is 38.1 Å². The first-order valence-electron chi connectivity index (χ1n) is 9.09. The Kier molecular flexibility index (Phi) is 5.95. The van der Waals surface area contributed by atoms with E-state index in [1.807, 2.05) is 6.07 Å². The molecule has 1 aromatic carbocycles. The molecule has 154 valence electrons. The molecule has 3 aromatic rings. The van der Waals surface area contributed by atoms with E-state index in [4.69, 9.17) is 17.3 Å². The molecule has 0 aliphatic carbocycles. The molecule has 0 saturated carbocycles. The number of aliphatic hydroxyl groups excluding tert-OH is 1. The fourth-order valence-corrected chi connectivity index (χ4v) is 2.90. The monoisotopic (exact) mass is 418 g/mol. The Morgan fingerprint density at radius 1 is 1.21 bits per heavy atom. The number of aromatic amines is 1. The van der Waals surface area contributed by atoms with Crippen LogP contribution >= 0.6 is 11.6 Å². The molecule has 0 aliphatic rings. The van der Waals surface area contributed by atoms with E-state index in [2.05, 4.69) is 46.6 Å². The first-order valence-corrected chi connectivity index (χ1v) is 9.47. The van der Waals surface area contributed by atoms with Gasteiger partial charge in [0.2, 0.25) is 0 Å². The average molecular weight is 419 g/mol. The number of anilines is 4. The predicted molar refractivity (Wildman–Crippen MR) is 114 cm³/mol. The molecule has 1 atom stereocenters. The van der Waals surface area contributed by atoms with Crippen molar-refractivity contribution in [3.05, 3.63) is 58.5 Å². The van der Waals surface area contributed by atoms with Gasteiger partial charge in [-0.3, -0.25) is 5.10 Å². The molecular weight excluding hydrogens is 395 g/mol. The van der Waals surface area contributed by atoms with Crippen molar-refractivity contribution in [3.63, 3.8) is 0 Å². The zero-order valence-corrected chi connectivity index (χ0v) is 17.2. The number of nitrogens with one attached hydrogen (secondary N) is 3. The van der Waals surface area contributed by atoms with Crippen LogP contribution in [0, 0.1) is 5.82 Å². The number of aromatic nitrogens is 3. The van der Waals surface area contributed by atoms with Gasteiger partial charge in [0, 0.05) is 17.2 Å². The van der Waals surface area contributed by atoms with Crippen LogP contribution in [-0.4, -0.2) is 26.9 Å². The number of nitrogen functional groups attached to an aromatic ring is 1. The summed E-state index contributed by atoms with van der Waals surface area (Å²) in [6.45, 7) is 5.99. The van der Waals surface area contributed by atoms with E-state index >= 15 is 0 Å². The van der Waals surface area contributed by atoms with Crippen molar-refractivity contribution < 1.29 is 9.50 Å². The molecule has 0 unspecified atom stereocenters. The summed E-state index contributed by atoms with van der Waals surface area (Å²) in [4.78, 5) is 4.45. The van der Waals surface area contributed by atoms with Crippen molar-refractivity contribution in [3.8, 4) is 0 Å². The molecule has 0 aliphatic heterocycles. The van der Waals surface area contributed by atoms with Crippen molar-refractivity contribution >= 4 is 34.7 Å². The molecule has 9 heteroatoms. The number of rotatable bonds is 6. The lowest BCUT2D eigenvalue weighted by molar-refractivity contribution is 0.276. The first kappa shape index (κ1) is 20.9. The summed E-state index contributed by atoms with van der Waals surface area (Å²) in [6, 6.07) is 8.77. The average Bonchev–Trinajstić information content (AvgIpc) is 3.13. The number of hydrogen-bond donors (Lipinski definition) is 5. The van der Waals surface area contributed by atoms with Gasteiger partial charge in [-0.25, -0.2) is 9.37 Å². The van der Waals surface area contributed by atoms with E-state index in [9.17, 15) is 9.50 Å². The van der Waals surface area contributed by atoms with Crippen LogP contribution in [-0.2, 0) is 5.41 Å². The molecule has 7 nitrogen and oxygen atoms in total. The van der Waals surface area contributed by atoms with Crippen LogP contribution in [0.25, 0.3) is 0 Å². The normalized spacial score (nSPS) is 12.6. The number of H-pyrrole nitrogens is 1. The summed E-state index contributed by atoms with van der Waals surface area (Å²) in [5.74, 6) is 0.921. The largest absolute Gasteiger partial charge is 0.396 e. The lowest BCUT2D eigenvalue weighted by atomic mass is 9.92. The minimum absolute atomic E-state index is 0.0819. The highest BCUT2D eigenvalue weighted by atomic mass is 35.5. The fraction of sp³-hybridized carbons (Fsp3) is 0.300. The van der Waals surface area contributed by atoms with Gasteiger partial charge in [0.05, 0.1) is 23.4 Å². The molecule has 3 rings (SSSR count). The summed E-state index contributed by atoms with van der Waals surface area (Å²) < 4.78 is 13.2. The van der Waals surface area contributed by atoms with Gasteiger partial charge < -0.3 is 21.5 Å². The second-order valence-corrected chi connectivity index (χ2v) is 8.14. The van der Waals surface area contributed by atoms with E-state index in [1.54, 1.807) is 18.2 Å². The Hall–Kier alpha value is -2.84. The van der Waals surface area contributed by atoms with E-state index in [0.717, 1.165) is 5.69 Å². The smallest absolute Gasteiger partial charge is 0.153 e.